The van der Waals surface area contributed by atoms with Crippen LogP contribution in [0.25, 0.3) is 0 Å². The van der Waals surface area contributed by atoms with Gasteiger partial charge in [-0.05, 0) is 47.9 Å². The van der Waals surface area contributed by atoms with E-state index in [0.717, 1.165) is 11.1 Å². The molecule has 27 heavy (non-hydrogen) atoms. The molecule has 0 bridgehead atoms. The molecular formula is C20H19N3O3S. The van der Waals surface area contributed by atoms with Crippen molar-refractivity contribution in [3.8, 4) is 0 Å². The fourth-order valence-electron chi connectivity index (χ4n) is 2.57. The molecule has 138 valence electrons. The highest BCUT2D eigenvalue weighted by molar-refractivity contribution is 7.92. The van der Waals surface area contributed by atoms with E-state index in [-0.39, 0.29) is 17.1 Å². The second-order valence-corrected chi connectivity index (χ2v) is 7.75. The number of ketones is 1. The molecule has 7 heteroatoms. The first kappa shape index (κ1) is 18.7. The zero-order valence-corrected chi connectivity index (χ0v) is 15.4. The summed E-state index contributed by atoms with van der Waals surface area (Å²) in [4.78, 5) is 20.2. The van der Waals surface area contributed by atoms with Gasteiger partial charge in [-0.2, -0.15) is 0 Å². The van der Waals surface area contributed by atoms with Crippen LogP contribution in [0.3, 0.4) is 0 Å². The second-order valence-electron chi connectivity index (χ2n) is 6.07. The molecule has 0 radical (unpaired) electrons. The standard InChI is InChI=1S/C20H19N3O3S/c24-19(8-5-17-3-1-11-21-14-17)13-16-6-9-20(10-7-16)27(25,26)23-18-4-2-12-22-15-18/h1-4,6-7,9-12,14-15,23H,5,8,13H2. The minimum atomic E-state index is -3.69. The number of aromatic nitrogens is 2. The molecule has 0 spiro atoms. The number of nitrogens with one attached hydrogen (secondary N) is 1. The Labute approximate surface area is 158 Å². The number of benzene rings is 1. The summed E-state index contributed by atoms with van der Waals surface area (Å²) in [5, 5.41) is 0. The number of sulfonamides is 1. The number of aryl methyl sites for hydroxylation is 1. The Balaban J connectivity index is 1.59. The van der Waals surface area contributed by atoms with Crippen LogP contribution in [0.4, 0.5) is 5.69 Å². The van der Waals surface area contributed by atoms with Gasteiger partial charge in [0.05, 0.1) is 16.8 Å². The van der Waals surface area contributed by atoms with Crippen molar-refractivity contribution in [1.82, 2.24) is 9.97 Å². The molecule has 0 fully saturated rings. The van der Waals surface area contributed by atoms with E-state index in [2.05, 4.69) is 14.7 Å². The van der Waals surface area contributed by atoms with Gasteiger partial charge in [-0.15, -0.1) is 0 Å². The molecule has 0 saturated heterocycles. The molecule has 0 aliphatic carbocycles. The molecule has 0 saturated carbocycles. The Hall–Kier alpha value is -3.06. The van der Waals surface area contributed by atoms with Gasteiger partial charge in [0.25, 0.3) is 10.0 Å². The van der Waals surface area contributed by atoms with Crippen LogP contribution in [-0.2, 0) is 27.7 Å². The number of Topliss-reactive ketones (excluding diaryl/α,β-unsaturated/α-hetero) is 1. The fourth-order valence-corrected chi connectivity index (χ4v) is 3.61. The van der Waals surface area contributed by atoms with E-state index >= 15 is 0 Å². The van der Waals surface area contributed by atoms with E-state index in [4.69, 9.17) is 0 Å². The molecule has 2 aromatic heterocycles. The molecule has 3 rings (SSSR count). The van der Waals surface area contributed by atoms with Crippen molar-refractivity contribution < 1.29 is 13.2 Å². The van der Waals surface area contributed by atoms with Gasteiger partial charge in [-0.25, -0.2) is 8.42 Å². The predicted octanol–water partition coefficient (Wildman–Crippen LogP) is 3.02. The van der Waals surface area contributed by atoms with E-state index < -0.39 is 10.0 Å². The summed E-state index contributed by atoms with van der Waals surface area (Å²) >= 11 is 0. The number of carbonyl (C=O) groups is 1. The number of anilines is 1. The Morgan fingerprint density at radius 1 is 0.889 bits per heavy atom. The average Bonchev–Trinajstić information content (AvgIpc) is 2.68. The van der Waals surface area contributed by atoms with E-state index in [1.165, 1.54) is 18.3 Å². The molecule has 0 aliphatic rings. The Bertz CT molecular complexity index is 990. The first-order valence-corrected chi connectivity index (χ1v) is 9.94. The molecule has 1 N–H and O–H groups in total. The number of pyridine rings is 2. The molecule has 6 nitrogen and oxygen atoms in total. The van der Waals surface area contributed by atoms with Gasteiger partial charge < -0.3 is 0 Å². The molecule has 1 aromatic carbocycles. The van der Waals surface area contributed by atoms with Crippen molar-refractivity contribution >= 4 is 21.5 Å². The lowest BCUT2D eigenvalue weighted by atomic mass is 10.0. The summed E-state index contributed by atoms with van der Waals surface area (Å²) < 4.78 is 27.2. The maximum Gasteiger partial charge on any atom is 0.261 e. The molecule has 0 unspecified atom stereocenters. The summed E-state index contributed by atoms with van der Waals surface area (Å²) in [6, 6.07) is 13.4. The minimum absolute atomic E-state index is 0.0999. The van der Waals surface area contributed by atoms with E-state index in [1.54, 1.807) is 42.9 Å². The molecular weight excluding hydrogens is 362 g/mol. The Kier molecular flexibility index (Phi) is 5.93. The van der Waals surface area contributed by atoms with Crippen LogP contribution in [0.1, 0.15) is 17.5 Å². The van der Waals surface area contributed by atoms with Gasteiger partial charge >= 0.3 is 0 Å². The van der Waals surface area contributed by atoms with Crippen LogP contribution < -0.4 is 4.72 Å². The number of hydrogen-bond acceptors (Lipinski definition) is 5. The van der Waals surface area contributed by atoms with Crippen molar-refractivity contribution in [3.63, 3.8) is 0 Å². The van der Waals surface area contributed by atoms with Crippen molar-refractivity contribution in [2.45, 2.75) is 24.2 Å². The normalized spacial score (nSPS) is 11.1. The number of carbonyl (C=O) groups excluding carboxylic acids is 1. The van der Waals surface area contributed by atoms with Gasteiger partial charge in [0, 0.05) is 31.4 Å². The molecule has 0 amide bonds. The molecule has 0 atom stereocenters. The molecule has 3 aromatic rings. The zero-order chi connectivity index (χ0) is 19.1. The maximum absolute atomic E-state index is 12.4. The Morgan fingerprint density at radius 3 is 2.22 bits per heavy atom. The summed E-state index contributed by atoms with van der Waals surface area (Å²) in [6.07, 6.45) is 7.80. The van der Waals surface area contributed by atoms with Crippen molar-refractivity contribution in [1.29, 1.82) is 0 Å². The first-order chi connectivity index (χ1) is 13.0. The third kappa shape index (κ3) is 5.46. The van der Waals surface area contributed by atoms with Gasteiger partial charge in [-0.3, -0.25) is 19.5 Å². The average molecular weight is 381 g/mol. The van der Waals surface area contributed by atoms with Crippen LogP contribution >= 0.6 is 0 Å². The Morgan fingerprint density at radius 2 is 1.59 bits per heavy atom. The van der Waals surface area contributed by atoms with Gasteiger partial charge in [0.2, 0.25) is 0 Å². The largest absolute Gasteiger partial charge is 0.299 e. The number of hydrogen-bond donors (Lipinski definition) is 1. The number of nitrogens with zero attached hydrogens (tertiary/aromatic N) is 2. The first-order valence-electron chi connectivity index (χ1n) is 8.45. The predicted molar refractivity (Wildman–Crippen MR) is 103 cm³/mol. The topological polar surface area (TPSA) is 89.0 Å². The maximum atomic E-state index is 12.4. The van der Waals surface area contributed by atoms with Crippen LogP contribution in [-0.4, -0.2) is 24.2 Å². The van der Waals surface area contributed by atoms with Crippen LogP contribution in [0.2, 0.25) is 0 Å². The third-order valence-electron chi connectivity index (χ3n) is 3.96. The molecule has 2 heterocycles. The van der Waals surface area contributed by atoms with E-state index in [1.807, 2.05) is 12.1 Å². The summed E-state index contributed by atoms with van der Waals surface area (Å²) in [7, 11) is -3.69. The number of rotatable bonds is 8. The quantitative estimate of drug-likeness (QED) is 0.648. The van der Waals surface area contributed by atoms with Crippen LogP contribution in [0.5, 0.6) is 0 Å². The van der Waals surface area contributed by atoms with Gasteiger partial charge in [-0.1, -0.05) is 18.2 Å². The zero-order valence-electron chi connectivity index (χ0n) is 14.6. The van der Waals surface area contributed by atoms with Crippen LogP contribution in [0, 0.1) is 0 Å². The summed E-state index contributed by atoms with van der Waals surface area (Å²) in [5.41, 5.74) is 2.20. The third-order valence-corrected chi connectivity index (χ3v) is 5.36. The highest BCUT2D eigenvalue weighted by Crippen LogP contribution is 2.16. The SMILES string of the molecule is O=C(CCc1cccnc1)Cc1ccc(S(=O)(=O)Nc2cccnc2)cc1. The van der Waals surface area contributed by atoms with Crippen molar-refractivity contribution in [2.24, 2.45) is 0 Å². The minimum Gasteiger partial charge on any atom is -0.299 e. The molecule has 0 aliphatic heterocycles. The van der Waals surface area contributed by atoms with Crippen LogP contribution in [0.15, 0.2) is 78.2 Å². The van der Waals surface area contributed by atoms with E-state index in [9.17, 15) is 13.2 Å². The monoisotopic (exact) mass is 381 g/mol. The van der Waals surface area contributed by atoms with Gasteiger partial charge in [0.15, 0.2) is 0 Å². The van der Waals surface area contributed by atoms with Gasteiger partial charge in [0.1, 0.15) is 5.78 Å². The highest BCUT2D eigenvalue weighted by Gasteiger charge is 2.14. The lowest BCUT2D eigenvalue weighted by molar-refractivity contribution is -0.118. The second kappa shape index (κ2) is 8.55. The van der Waals surface area contributed by atoms with Crippen molar-refractivity contribution in [2.75, 3.05) is 4.72 Å². The smallest absolute Gasteiger partial charge is 0.261 e. The summed E-state index contributed by atoms with van der Waals surface area (Å²) in [6.45, 7) is 0. The lowest BCUT2D eigenvalue weighted by Gasteiger charge is -2.08. The fraction of sp³-hybridized carbons (Fsp3) is 0.150. The summed E-state index contributed by atoms with van der Waals surface area (Å²) in [5.74, 6) is 0.0999. The lowest BCUT2D eigenvalue weighted by Crippen LogP contribution is -2.13. The van der Waals surface area contributed by atoms with E-state index in [0.29, 0.717) is 18.5 Å². The highest BCUT2D eigenvalue weighted by atomic mass is 32.2. The van der Waals surface area contributed by atoms with Crippen molar-refractivity contribution in [3.05, 3.63) is 84.4 Å².